The normalized spacial score (nSPS) is 19.3. The second-order valence-electron chi connectivity index (χ2n) is 12.1. The zero-order chi connectivity index (χ0) is 32.2. The number of hydrogen-bond acceptors (Lipinski definition) is 6. The molecule has 2 aliphatic heterocycles. The van der Waals surface area contributed by atoms with Gasteiger partial charge in [0, 0.05) is 31.6 Å². The van der Waals surface area contributed by atoms with Gasteiger partial charge >= 0.3 is 0 Å². The number of amides is 2. The molecule has 5 aromatic rings. The first-order valence-corrected chi connectivity index (χ1v) is 15.9. The SMILES string of the molecule is O=C1c2ccccc2C(=O)N1c1ccc(C2OC(CN(Cc3ccccc3)Cc3ccccc3)CC(c3ccc(CO)cc3)O2)cc1. The number of rotatable bonds is 10. The van der Waals surface area contributed by atoms with E-state index < -0.39 is 6.29 Å². The van der Waals surface area contributed by atoms with Gasteiger partial charge in [-0.3, -0.25) is 14.5 Å². The molecular weight excluding hydrogens is 588 g/mol. The van der Waals surface area contributed by atoms with Gasteiger partial charge in [0.25, 0.3) is 11.8 Å². The van der Waals surface area contributed by atoms with Crippen LogP contribution in [0.3, 0.4) is 0 Å². The molecule has 2 aliphatic rings. The summed E-state index contributed by atoms with van der Waals surface area (Å²) >= 11 is 0. The van der Waals surface area contributed by atoms with Gasteiger partial charge in [-0.05, 0) is 46.5 Å². The van der Waals surface area contributed by atoms with Gasteiger partial charge in [-0.2, -0.15) is 0 Å². The summed E-state index contributed by atoms with van der Waals surface area (Å²) in [4.78, 5) is 29.8. The average Bonchev–Trinajstić information content (AvgIpc) is 3.38. The number of carbonyl (C=O) groups excluding carboxylic acids is 2. The Morgan fingerprint density at radius 1 is 0.617 bits per heavy atom. The van der Waals surface area contributed by atoms with Crippen LogP contribution in [0.5, 0.6) is 0 Å². The molecule has 7 nitrogen and oxygen atoms in total. The van der Waals surface area contributed by atoms with Crippen LogP contribution >= 0.6 is 0 Å². The van der Waals surface area contributed by atoms with Crippen molar-refractivity contribution in [2.45, 2.75) is 44.6 Å². The molecule has 7 rings (SSSR count). The summed E-state index contributed by atoms with van der Waals surface area (Å²) in [5.41, 5.74) is 6.43. The van der Waals surface area contributed by atoms with Crippen molar-refractivity contribution in [1.82, 2.24) is 4.90 Å². The zero-order valence-corrected chi connectivity index (χ0v) is 25.9. The number of carbonyl (C=O) groups is 2. The Hall–Kier alpha value is -4.92. The number of benzene rings is 5. The van der Waals surface area contributed by atoms with Crippen molar-refractivity contribution >= 4 is 17.5 Å². The van der Waals surface area contributed by atoms with Gasteiger partial charge < -0.3 is 14.6 Å². The van der Waals surface area contributed by atoms with Crippen molar-refractivity contribution in [2.75, 3.05) is 11.4 Å². The van der Waals surface area contributed by atoms with Crippen LogP contribution in [0.1, 0.15) is 67.3 Å². The maximum absolute atomic E-state index is 13.1. The largest absolute Gasteiger partial charge is 0.392 e. The van der Waals surface area contributed by atoms with Crippen molar-refractivity contribution in [3.63, 3.8) is 0 Å². The first-order chi connectivity index (χ1) is 23.1. The van der Waals surface area contributed by atoms with Crippen LogP contribution in [0.25, 0.3) is 0 Å². The van der Waals surface area contributed by atoms with E-state index in [0.29, 0.717) is 29.8 Å². The Bertz CT molecular complexity index is 1750. The summed E-state index contributed by atoms with van der Waals surface area (Å²) in [5, 5.41) is 9.60. The first-order valence-electron chi connectivity index (χ1n) is 15.9. The Labute approximate surface area is 274 Å². The van der Waals surface area contributed by atoms with E-state index in [9.17, 15) is 14.7 Å². The van der Waals surface area contributed by atoms with Gasteiger partial charge in [0.15, 0.2) is 6.29 Å². The Kier molecular flexibility index (Phi) is 9.04. The van der Waals surface area contributed by atoms with Gasteiger partial charge in [-0.15, -0.1) is 0 Å². The highest BCUT2D eigenvalue weighted by molar-refractivity contribution is 6.34. The lowest BCUT2D eigenvalue weighted by atomic mass is 9.99. The van der Waals surface area contributed by atoms with Gasteiger partial charge in [0.2, 0.25) is 0 Å². The molecule has 0 bridgehead atoms. The number of nitrogens with zero attached hydrogens (tertiary/aromatic N) is 2. The molecule has 3 unspecified atom stereocenters. The fraction of sp³-hybridized carbons (Fsp3) is 0.200. The minimum Gasteiger partial charge on any atom is -0.392 e. The van der Waals surface area contributed by atoms with Gasteiger partial charge in [0.1, 0.15) is 0 Å². The van der Waals surface area contributed by atoms with E-state index in [0.717, 1.165) is 29.8 Å². The number of anilines is 1. The highest BCUT2D eigenvalue weighted by atomic mass is 16.7. The summed E-state index contributed by atoms with van der Waals surface area (Å²) in [5.74, 6) is -0.654. The number of hydrogen-bond donors (Lipinski definition) is 1. The molecule has 0 aromatic heterocycles. The highest BCUT2D eigenvalue weighted by Gasteiger charge is 2.37. The molecule has 1 N–H and O–H groups in total. The fourth-order valence-electron chi connectivity index (χ4n) is 6.39. The van der Waals surface area contributed by atoms with E-state index >= 15 is 0 Å². The lowest BCUT2D eigenvalue weighted by molar-refractivity contribution is -0.253. The molecule has 2 heterocycles. The zero-order valence-electron chi connectivity index (χ0n) is 25.9. The van der Waals surface area contributed by atoms with Crippen LogP contribution in [0.2, 0.25) is 0 Å². The Balaban J connectivity index is 1.15. The molecule has 3 atom stereocenters. The van der Waals surface area contributed by atoms with Crippen molar-refractivity contribution in [3.05, 3.63) is 172 Å². The van der Waals surface area contributed by atoms with Crippen LogP contribution in [-0.2, 0) is 29.2 Å². The number of aliphatic hydroxyl groups excluding tert-OH is 1. The second kappa shape index (κ2) is 13.8. The Morgan fingerprint density at radius 3 is 1.70 bits per heavy atom. The van der Waals surface area contributed by atoms with Crippen molar-refractivity contribution in [3.8, 4) is 0 Å². The third-order valence-electron chi connectivity index (χ3n) is 8.79. The summed E-state index contributed by atoms with van der Waals surface area (Å²) in [6, 6.07) is 42.9. The van der Waals surface area contributed by atoms with Crippen LogP contribution in [0, 0.1) is 0 Å². The van der Waals surface area contributed by atoms with Crippen LogP contribution < -0.4 is 4.90 Å². The van der Waals surface area contributed by atoms with Crippen molar-refractivity contribution in [2.24, 2.45) is 0 Å². The van der Waals surface area contributed by atoms with E-state index in [4.69, 9.17) is 9.47 Å². The summed E-state index contributed by atoms with van der Waals surface area (Å²) in [7, 11) is 0. The van der Waals surface area contributed by atoms with Crippen LogP contribution in [-0.4, -0.2) is 34.5 Å². The summed E-state index contributed by atoms with van der Waals surface area (Å²) in [6.07, 6.45) is -0.401. The lowest BCUT2D eigenvalue weighted by Crippen LogP contribution is -2.39. The lowest BCUT2D eigenvalue weighted by Gasteiger charge is -2.38. The predicted octanol–water partition coefficient (Wildman–Crippen LogP) is 7.23. The van der Waals surface area contributed by atoms with Gasteiger partial charge in [0.05, 0.1) is 35.6 Å². The molecule has 47 heavy (non-hydrogen) atoms. The number of ether oxygens (including phenoxy) is 2. The number of fused-ring (bicyclic) bond motifs is 1. The maximum Gasteiger partial charge on any atom is 0.266 e. The van der Waals surface area contributed by atoms with E-state index in [1.54, 1.807) is 36.4 Å². The molecule has 7 heteroatoms. The van der Waals surface area contributed by atoms with Crippen LogP contribution in [0.4, 0.5) is 5.69 Å². The monoisotopic (exact) mass is 624 g/mol. The maximum atomic E-state index is 13.1. The smallest absolute Gasteiger partial charge is 0.266 e. The standard InChI is InChI=1S/C40H36N2O5/c43-27-30-15-17-31(18-16-30)37-23-34(26-41(24-28-9-3-1-4-10-28)25-29-11-5-2-6-12-29)46-40(47-37)32-19-21-33(22-20-32)42-38(44)35-13-7-8-14-36(35)39(42)45/h1-22,34,37,40,43H,23-27H2. The molecule has 236 valence electrons. The summed E-state index contributed by atoms with van der Waals surface area (Å²) < 4.78 is 13.3. The second-order valence-corrected chi connectivity index (χ2v) is 12.1. The van der Waals surface area contributed by atoms with E-state index in [1.807, 2.05) is 48.5 Å². The molecule has 1 saturated heterocycles. The van der Waals surface area contributed by atoms with Crippen molar-refractivity contribution < 1.29 is 24.2 Å². The van der Waals surface area contributed by atoms with E-state index in [-0.39, 0.29) is 30.6 Å². The molecule has 0 saturated carbocycles. The predicted molar refractivity (Wildman–Crippen MR) is 179 cm³/mol. The Morgan fingerprint density at radius 2 is 1.15 bits per heavy atom. The number of aliphatic hydroxyl groups is 1. The third kappa shape index (κ3) is 6.80. The molecule has 2 amide bonds. The van der Waals surface area contributed by atoms with E-state index in [2.05, 4.69) is 53.4 Å². The minimum absolute atomic E-state index is 0.0203. The molecular formula is C40H36N2O5. The number of imide groups is 1. The molecule has 0 aliphatic carbocycles. The third-order valence-corrected chi connectivity index (χ3v) is 8.79. The van der Waals surface area contributed by atoms with Crippen molar-refractivity contribution in [1.29, 1.82) is 0 Å². The minimum atomic E-state index is -0.664. The topological polar surface area (TPSA) is 79.3 Å². The summed E-state index contributed by atoms with van der Waals surface area (Å²) in [6.45, 7) is 2.20. The molecule has 5 aromatic carbocycles. The highest BCUT2D eigenvalue weighted by Crippen LogP contribution is 2.39. The van der Waals surface area contributed by atoms with E-state index in [1.165, 1.54) is 16.0 Å². The molecule has 0 radical (unpaired) electrons. The molecule has 0 spiro atoms. The van der Waals surface area contributed by atoms with Crippen LogP contribution in [0.15, 0.2) is 133 Å². The average molecular weight is 625 g/mol. The fourth-order valence-corrected chi connectivity index (χ4v) is 6.39. The first kappa shape index (κ1) is 30.7. The van der Waals surface area contributed by atoms with Gasteiger partial charge in [-0.25, -0.2) is 4.90 Å². The quantitative estimate of drug-likeness (QED) is 0.165. The van der Waals surface area contributed by atoms with Gasteiger partial charge in [-0.1, -0.05) is 109 Å². The molecule has 1 fully saturated rings.